The summed E-state index contributed by atoms with van der Waals surface area (Å²) in [6.45, 7) is 11.9. The van der Waals surface area contributed by atoms with E-state index in [4.69, 9.17) is 14.1 Å². The summed E-state index contributed by atoms with van der Waals surface area (Å²) in [5, 5.41) is 3.95. The number of carbonyl (C=O) groups excluding carboxylic acids is 1. The Bertz CT molecular complexity index is 1060. The van der Waals surface area contributed by atoms with Crippen LogP contribution in [0.1, 0.15) is 47.0 Å². The van der Waals surface area contributed by atoms with Crippen molar-refractivity contribution in [3.05, 3.63) is 52.9 Å². The fourth-order valence-corrected chi connectivity index (χ4v) is 5.09. The lowest BCUT2D eigenvalue weighted by atomic mass is 10.1. The maximum atomic E-state index is 12.6. The maximum absolute atomic E-state index is 12.6. The van der Waals surface area contributed by atoms with Gasteiger partial charge in [-0.3, -0.25) is 9.78 Å². The standard InChI is InChI=1S/C23H28N4O3S/c1-13-8-18(9-14(2)25-13)21-20(10-24-22(28)19-6-7-29-17(19)5)26-23(31-21)27-11-15(3)30-16(4)12-27/h6-9,15-16H,10-12H2,1-5H3,(H,24,28)/t15-,16+. The number of morpholine rings is 1. The Morgan fingerprint density at radius 1 is 1.16 bits per heavy atom. The van der Waals surface area contributed by atoms with Crippen molar-refractivity contribution in [3.8, 4) is 10.4 Å². The number of furan rings is 1. The van der Waals surface area contributed by atoms with E-state index < -0.39 is 0 Å². The first-order valence-electron chi connectivity index (χ1n) is 10.5. The Labute approximate surface area is 186 Å². The smallest absolute Gasteiger partial charge is 0.255 e. The third-order valence-corrected chi connectivity index (χ3v) is 6.45. The van der Waals surface area contributed by atoms with Crippen LogP contribution in [0, 0.1) is 20.8 Å². The molecule has 2 atom stereocenters. The highest BCUT2D eigenvalue weighted by Gasteiger charge is 2.26. The molecule has 1 saturated heterocycles. The summed E-state index contributed by atoms with van der Waals surface area (Å²) in [5.74, 6) is 0.441. The molecule has 0 spiro atoms. The fourth-order valence-electron chi connectivity index (χ4n) is 4.00. The number of rotatable bonds is 5. The van der Waals surface area contributed by atoms with Crippen LogP contribution in [-0.2, 0) is 11.3 Å². The van der Waals surface area contributed by atoms with Gasteiger partial charge in [0.2, 0.25) is 0 Å². The summed E-state index contributed by atoms with van der Waals surface area (Å²) in [4.78, 5) is 25.4. The van der Waals surface area contributed by atoms with Crippen LogP contribution in [-0.4, -0.2) is 41.2 Å². The number of hydrogen-bond acceptors (Lipinski definition) is 7. The van der Waals surface area contributed by atoms with Crippen molar-refractivity contribution in [2.75, 3.05) is 18.0 Å². The molecule has 0 unspecified atom stereocenters. The third-order valence-electron chi connectivity index (χ3n) is 5.24. The highest BCUT2D eigenvalue weighted by atomic mass is 32.1. The van der Waals surface area contributed by atoms with E-state index in [0.717, 1.165) is 45.7 Å². The molecule has 0 radical (unpaired) electrons. The minimum atomic E-state index is -0.164. The van der Waals surface area contributed by atoms with E-state index in [-0.39, 0.29) is 18.1 Å². The second-order valence-electron chi connectivity index (χ2n) is 8.15. The average Bonchev–Trinajstić information content (AvgIpc) is 3.31. The van der Waals surface area contributed by atoms with Gasteiger partial charge in [0.05, 0.1) is 41.2 Å². The van der Waals surface area contributed by atoms with Crippen LogP contribution in [0.4, 0.5) is 5.13 Å². The third kappa shape index (κ3) is 4.80. The lowest BCUT2D eigenvalue weighted by Crippen LogP contribution is -2.45. The number of hydrogen-bond donors (Lipinski definition) is 1. The number of aryl methyl sites for hydroxylation is 3. The molecule has 1 amide bonds. The molecule has 4 rings (SSSR count). The molecule has 3 aromatic heterocycles. The fraction of sp³-hybridized carbons (Fsp3) is 0.435. The summed E-state index contributed by atoms with van der Waals surface area (Å²) in [7, 11) is 0. The molecule has 31 heavy (non-hydrogen) atoms. The van der Waals surface area contributed by atoms with Crippen molar-refractivity contribution in [1.29, 1.82) is 0 Å². The van der Waals surface area contributed by atoms with Gasteiger partial charge in [-0.1, -0.05) is 11.3 Å². The van der Waals surface area contributed by atoms with E-state index in [1.807, 2.05) is 13.8 Å². The molecule has 0 aliphatic carbocycles. The van der Waals surface area contributed by atoms with Crippen molar-refractivity contribution in [1.82, 2.24) is 15.3 Å². The van der Waals surface area contributed by atoms with Gasteiger partial charge in [-0.2, -0.15) is 0 Å². The average molecular weight is 441 g/mol. The van der Waals surface area contributed by atoms with E-state index in [9.17, 15) is 4.79 Å². The molecular formula is C23H28N4O3S. The molecule has 1 N–H and O–H groups in total. The summed E-state index contributed by atoms with van der Waals surface area (Å²) in [5.41, 5.74) is 4.40. The first-order valence-corrected chi connectivity index (χ1v) is 11.3. The SMILES string of the molecule is Cc1cc(-c2sc(N3C[C@@H](C)O[C@@H](C)C3)nc2CNC(=O)c2ccoc2C)cc(C)n1. The molecule has 7 nitrogen and oxygen atoms in total. The van der Waals surface area contributed by atoms with E-state index in [0.29, 0.717) is 17.9 Å². The van der Waals surface area contributed by atoms with E-state index in [2.05, 4.69) is 41.2 Å². The number of pyridine rings is 1. The molecule has 4 heterocycles. The lowest BCUT2D eigenvalue weighted by Gasteiger charge is -2.35. The highest BCUT2D eigenvalue weighted by Crippen LogP contribution is 2.36. The number of aromatic nitrogens is 2. The molecule has 1 aliphatic rings. The van der Waals surface area contributed by atoms with Gasteiger partial charge in [0.15, 0.2) is 5.13 Å². The summed E-state index contributed by atoms with van der Waals surface area (Å²) in [6.07, 6.45) is 1.82. The van der Waals surface area contributed by atoms with Gasteiger partial charge in [0.25, 0.3) is 5.91 Å². The van der Waals surface area contributed by atoms with Crippen LogP contribution >= 0.6 is 11.3 Å². The Balaban J connectivity index is 1.65. The van der Waals surface area contributed by atoms with Crippen molar-refractivity contribution < 1.29 is 13.9 Å². The quantitative estimate of drug-likeness (QED) is 0.638. The number of ether oxygens (including phenoxy) is 1. The predicted molar refractivity (Wildman–Crippen MR) is 122 cm³/mol. The number of anilines is 1. The van der Waals surface area contributed by atoms with Gasteiger partial charge < -0.3 is 19.4 Å². The molecule has 164 valence electrons. The zero-order valence-electron chi connectivity index (χ0n) is 18.6. The van der Waals surface area contributed by atoms with Crippen molar-refractivity contribution >= 4 is 22.4 Å². The number of amides is 1. The molecule has 1 fully saturated rings. The number of nitrogens with zero attached hydrogens (tertiary/aromatic N) is 3. The molecule has 0 bridgehead atoms. The first-order chi connectivity index (χ1) is 14.8. The van der Waals surface area contributed by atoms with E-state index >= 15 is 0 Å². The van der Waals surface area contributed by atoms with E-state index in [1.54, 1.807) is 24.3 Å². The van der Waals surface area contributed by atoms with Crippen LogP contribution in [0.25, 0.3) is 10.4 Å². The van der Waals surface area contributed by atoms with Gasteiger partial charge in [-0.15, -0.1) is 0 Å². The van der Waals surface area contributed by atoms with Crippen molar-refractivity contribution in [3.63, 3.8) is 0 Å². The molecule has 3 aromatic rings. The number of carbonyl (C=O) groups is 1. The Kier molecular flexibility index (Phi) is 6.11. The van der Waals surface area contributed by atoms with Crippen LogP contribution in [0.2, 0.25) is 0 Å². The lowest BCUT2D eigenvalue weighted by molar-refractivity contribution is -0.00523. The Morgan fingerprint density at radius 3 is 2.45 bits per heavy atom. The van der Waals surface area contributed by atoms with Gasteiger partial charge >= 0.3 is 0 Å². The minimum Gasteiger partial charge on any atom is -0.469 e. The van der Waals surface area contributed by atoms with Gasteiger partial charge in [-0.05, 0) is 58.4 Å². The van der Waals surface area contributed by atoms with Gasteiger partial charge in [0, 0.05) is 24.5 Å². The Morgan fingerprint density at radius 2 is 1.84 bits per heavy atom. The predicted octanol–water partition coefficient (Wildman–Crippen LogP) is 4.27. The number of nitrogens with one attached hydrogen (secondary N) is 1. The second kappa shape index (κ2) is 8.80. The van der Waals surface area contributed by atoms with Crippen molar-refractivity contribution in [2.24, 2.45) is 0 Å². The van der Waals surface area contributed by atoms with Crippen LogP contribution in [0.5, 0.6) is 0 Å². The summed E-state index contributed by atoms with van der Waals surface area (Å²) < 4.78 is 11.1. The molecular weight excluding hydrogens is 412 g/mol. The Hall–Kier alpha value is -2.71. The van der Waals surface area contributed by atoms with Crippen LogP contribution in [0.15, 0.2) is 28.9 Å². The normalized spacial score (nSPS) is 18.9. The molecule has 0 saturated carbocycles. The summed E-state index contributed by atoms with van der Waals surface area (Å²) in [6, 6.07) is 5.82. The largest absolute Gasteiger partial charge is 0.469 e. The van der Waals surface area contributed by atoms with E-state index in [1.165, 1.54) is 6.26 Å². The molecule has 0 aromatic carbocycles. The van der Waals surface area contributed by atoms with Crippen LogP contribution in [0.3, 0.4) is 0 Å². The van der Waals surface area contributed by atoms with Gasteiger partial charge in [-0.25, -0.2) is 4.98 Å². The first kappa shape index (κ1) is 21.5. The van der Waals surface area contributed by atoms with Crippen LogP contribution < -0.4 is 10.2 Å². The molecule has 1 aliphatic heterocycles. The highest BCUT2D eigenvalue weighted by molar-refractivity contribution is 7.19. The molecule has 8 heteroatoms. The number of thiazole rings is 1. The second-order valence-corrected chi connectivity index (χ2v) is 9.12. The van der Waals surface area contributed by atoms with Gasteiger partial charge in [0.1, 0.15) is 5.76 Å². The maximum Gasteiger partial charge on any atom is 0.255 e. The monoisotopic (exact) mass is 440 g/mol. The zero-order chi connectivity index (χ0) is 22.1. The topological polar surface area (TPSA) is 80.5 Å². The summed E-state index contributed by atoms with van der Waals surface area (Å²) >= 11 is 1.65. The zero-order valence-corrected chi connectivity index (χ0v) is 19.4. The van der Waals surface area contributed by atoms with Crippen molar-refractivity contribution in [2.45, 2.75) is 53.4 Å². The minimum absolute atomic E-state index is 0.147.